The largest absolute Gasteiger partial charge is 0.343 e. The van der Waals surface area contributed by atoms with Gasteiger partial charge in [-0.1, -0.05) is 19.0 Å². The van der Waals surface area contributed by atoms with Crippen LogP contribution in [0.3, 0.4) is 0 Å². The van der Waals surface area contributed by atoms with Crippen molar-refractivity contribution >= 4 is 18.3 Å². The zero-order valence-corrected chi connectivity index (χ0v) is 12.3. The number of nitriles is 1. The lowest BCUT2D eigenvalue weighted by Gasteiger charge is -2.21. The molecule has 0 aliphatic carbocycles. The second-order valence-electron chi connectivity index (χ2n) is 4.90. The van der Waals surface area contributed by atoms with Crippen molar-refractivity contribution in [2.24, 2.45) is 0 Å². The smallest absolute Gasteiger partial charge is 0.269 e. The summed E-state index contributed by atoms with van der Waals surface area (Å²) in [6.07, 6.45) is 0.765. The number of carbonyl (C=O) groups excluding carboxylic acids is 1. The van der Waals surface area contributed by atoms with Gasteiger partial charge in [-0.05, 0) is 18.8 Å². The Hall–Kier alpha value is -2.36. The van der Waals surface area contributed by atoms with E-state index in [0.29, 0.717) is 25.0 Å². The van der Waals surface area contributed by atoms with Crippen molar-refractivity contribution in [3.8, 4) is 5.97 Å². The Morgan fingerprint density at radius 3 is 2.81 bits per heavy atom. The molecule has 0 radical (unpaired) electrons. The summed E-state index contributed by atoms with van der Waals surface area (Å²) in [6.45, 7) is 4.69. The molecule has 0 aromatic heterocycles. The van der Waals surface area contributed by atoms with E-state index in [1.54, 1.807) is 17.0 Å². The molecular weight excluding hydrogens is 269 g/mol. The highest BCUT2D eigenvalue weighted by atomic mass is 16.6. The van der Waals surface area contributed by atoms with Crippen molar-refractivity contribution in [2.75, 3.05) is 13.1 Å². The number of benzene rings is 1. The van der Waals surface area contributed by atoms with E-state index >= 15 is 0 Å². The Labute approximate surface area is 124 Å². The molecule has 0 aliphatic heterocycles. The molecule has 1 rings (SSSR count). The number of nitro benzene ring substituents is 1. The van der Waals surface area contributed by atoms with Gasteiger partial charge in [0.05, 0.1) is 11.3 Å². The Bertz CT molecular complexity index is 557. The first-order valence-corrected chi connectivity index (χ1v) is 6.88. The van der Waals surface area contributed by atoms with E-state index in [-0.39, 0.29) is 24.7 Å². The number of rotatable bonds is 7. The van der Waals surface area contributed by atoms with Crippen LogP contribution in [0.2, 0.25) is 13.1 Å². The van der Waals surface area contributed by atoms with E-state index in [1.165, 1.54) is 12.1 Å². The van der Waals surface area contributed by atoms with Crippen LogP contribution in [0.25, 0.3) is 0 Å². The minimum Gasteiger partial charge on any atom is -0.343 e. The van der Waals surface area contributed by atoms with E-state index in [1.807, 2.05) is 13.7 Å². The van der Waals surface area contributed by atoms with Crippen LogP contribution in [-0.4, -0.2) is 35.5 Å². The minimum absolute atomic E-state index is 0.0125. The van der Waals surface area contributed by atoms with E-state index < -0.39 is 4.92 Å². The van der Waals surface area contributed by atoms with Crippen LogP contribution < -0.4 is 0 Å². The lowest BCUT2D eigenvalue weighted by Crippen LogP contribution is -2.34. The first kappa shape index (κ1) is 16.7. The number of hydrogen-bond donors (Lipinski definition) is 0. The van der Waals surface area contributed by atoms with Gasteiger partial charge in [-0.3, -0.25) is 14.9 Å². The van der Waals surface area contributed by atoms with Gasteiger partial charge in [0, 0.05) is 31.2 Å². The number of likely N-dealkylation sites (N-methyl/N-ethyl adjacent to an activating group) is 1. The van der Waals surface area contributed by atoms with Crippen LogP contribution in [0.15, 0.2) is 24.3 Å². The molecule has 0 saturated heterocycles. The van der Waals surface area contributed by atoms with Crippen molar-refractivity contribution in [3.05, 3.63) is 39.9 Å². The number of hydrogen-bond acceptors (Lipinski definition) is 4. The summed E-state index contributed by atoms with van der Waals surface area (Å²) >= 11 is 0. The highest BCUT2D eigenvalue weighted by Crippen LogP contribution is 2.14. The van der Waals surface area contributed by atoms with E-state index in [0.717, 1.165) is 0 Å². The molecule has 0 aliphatic rings. The van der Waals surface area contributed by atoms with Crippen LogP contribution >= 0.6 is 0 Å². The van der Waals surface area contributed by atoms with Gasteiger partial charge in [0.1, 0.15) is 0 Å². The van der Waals surface area contributed by atoms with E-state index in [2.05, 4.69) is 5.97 Å². The molecule has 0 unspecified atom stereocenters. The molecule has 0 heterocycles. The normalized spacial score (nSPS) is 9.76. The molecule has 110 valence electrons. The topological polar surface area (TPSA) is 87.2 Å². The predicted octanol–water partition coefficient (Wildman–Crippen LogP) is 2.17. The molecule has 0 atom stereocenters. The second kappa shape index (κ2) is 8.05. The zero-order valence-electron chi connectivity index (χ0n) is 12.3. The summed E-state index contributed by atoms with van der Waals surface area (Å²) in [5.41, 5.74) is 0.613. The third-order valence-electron chi connectivity index (χ3n) is 3.26. The van der Waals surface area contributed by atoms with Gasteiger partial charge in [-0.15, -0.1) is 0 Å². The highest BCUT2D eigenvalue weighted by molar-refractivity contribution is 6.65. The summed E-state index contributed by atoms with van der Waals surface area (Å²) in [6, 6.07) is 6.11. The molecular formula is C14H18BN3O3. The van der Waals surface area contributed by atoms with E-state index in [9.17, 15) is 14.9 Å². The van der Waals surface area contributed by atoms with E-state index in [4.69, 9.17) is 5.26 Å². The van der Waals surface area contributed by atoms with Gasteiger partial charge >= 0.3 is 0 Å². The average molecular weight is 287 g/mol. The monoisotopic (exact) mass is 287 g/mol. The van der Waals surface area contributed by atoms with Crippen LogP contribution in [-0.2, 0) is 11.2 Å². The molecule has 1 amide bonds. The second-order valence-corrected chi connectivity index (χ2v) is 4.90. The summed E-state index contributed by atoms with van der Waals surface area (Å²) in [7, 11) is 0. The molecule has 1 aromatic carbocycles. The van der Waals surface area contributed by atoms with Crippen LogP contribution in [0.4, 0.5) is 5.69 Å². The maximum Gasteiger partial charge on any atom is 0.269 e. The van der Waals surface area contributed by atoms with Crippen LogP contribution in [0.5, 0.6) is 0 Å². The molecule has 0 saturated carbocycles. The number of nitro groups is 1. The molecule has 0 N–H and O–H groups in total. The SMILES string of the molecule is CCN(CCB(C)C#N)C(=O)Cc1cccc([N+](=O)[O-])c1. The fourth-order valence-electron chi connectivity index (χ4n) is 1.94. The standard InChI is InChI=1S/C14H18BN3O3/c1-3-17(8-7-15(2)11-16)14(19)10-12-5-4-6-13(9-12)18(20)21/h4-6,9H,3,7-8,10H2,1-2H3. The zero-order chi connectivity index (χ0) is 15.8. The maximum atomic E-state index is 12.2. The molecule has 6 nitrogen and oxygen atoms in total. The molecule has 0 spiro atoms. The van der Waals surface area contributed by atoms with Gasteiger partial charge in [0.25, 0.3) is 12.4 Å². The number of amides is 1. The number of non-ortho nitro benzene ring substituents is 1. The molecule has 21 heavy (non-hydrogen) atoms. The van der Waals surface area contributed by atoms with Crippen molar-refractivity contribution in [1.82, 2.24) is 4.90 Å². The van der Waals surface area contributed by atoms with Gasteiger partial charge in [-0.2, -0.15) is 0 Å². The fourth-order valence-corrected chi connectivity index (χ4v) is 1.94. The average Bonchev–Trinajstić information content (AvgIpc) is 2.47. The van der Waals surface area contributed by atoms with Crippen molar-refractivity contribution < 1.29 is 9.72 Å². The number of carbonyl (C=O) groups is 1. The Balaban J connectivity index is 2.67. The summed E-state index contributed by atoms with van der Waals surface area (Å²) in [4.78, 5) is 24.1. The molecule has 1 aromatic rings. The first-order chi connectivity index (χ1) is 9.97. The number of nitrogens with zero attached hydrogens (tertiary/aromatic N) is 3. The molecule has 7 heteroatoms. The highest BCUT2D eigenvalue weighted by Gasteiger charge is 2.16. The predicted molar refractivity (Wildman–Crippen MR) is 81.1 cm³/mol. The van der Waals surface area contributed by atoms with Gasteiger partial charge in [0.15, 0.2) is 0 Å². The maximum absolute atomic E-state index is 12.2. The van der Waals surface area contributed by atoms with Gasteiger partial charge in [-0.25, -0.2) is 5.26 Å². The van der Waals surface area contributed by atoms with Crippen molar-refractivity contribution in [3.63, 3.8) is 0 Å². The van der Waals surface area contributed by atoms with Gasteiger partial charge < -0.3 is 4.90 Å². The Morgan fingerprint density at radius 1 is 1.52 bits per heavy atom. The van der Waals surface area contributed by atoms with Gasteiger partial charge in [0.2, 0.25) is 5.91 Å². The summed E-state index contributed by atoms with van der Waals surface area (Å²) < 4.78 is 0. The van der Waals surface area contributed by atoms with Crippen LogP contribution in [0.1, 0.15) is 12.5 Å². The third kappa shape index (κ3) is 5.26. The Kier molecular flexibility index (Phi) is 6.40. The lowest BCUT2D eigenvalue weighted by molar-refractivity contribution is -0.384. The minimum atomic E-state index is -0.472. The quantitative estimate of drug-likeness (QED) is 0.437. The fraction of sp³-hybridized carbons (Fsp3) is 0.429. The third-order valence-corrected chi connectivity index (χ3v) is 3.26. The Morgan fingerprint density at radius 2 is 2.24 bits per heavy atom. The first-order valence-electron chi connectivity index (χ1n) is 6.88. The van der Waals surface area contributed by atoms with Crippen LogP contribution in [0, 0.1) is 21.3 Å². The lowest BCUT2D eigenvalue weighted by atomic mass is 9.51. The van der Waals surface area contributed by atoms with Crippen molar-refractivity contribution in [1.29, 1.82) is 5.26 Å². The van der Waals surface area contributed by atoms with Crippen molar-refractivity contribution in [2.45, 2.75) is 26.5 Å². The summed E-state index contributed by atoms with van der Waals surface area (Å²) in [5.74, 6) is 2.06. The summed E-state index contributed by atoms with van der Waals surface area (Å²) in [5, 5.41) is 19.5. The molecule has 0 fully saturated rings. The molecule has 0 bridgehead atoms.